The zero-order valence-electron chi connectivity index (χ0n) is 10.3. The molecule has 4 nitrogen and oxygen atoms in total. The molecule has 2 aromatic carbocycles. The number of carboxylic acids is 1. The molecule has 0 bridgehead atoms. The molecule has 0 heterocycles. The molecule has 0 aliphatic heterocycles. The molecule has 0 spiro atoms. The Balaban J connectivity index is 2.61. The van der Waals surface area contributed by atoms with Crippen molar-refractivity contribution in [3.8, 4) is 22.9 Å². The van der Waals surface area contributed by atoms with Gasteiger partial charge in [-0.15, -0.1) is 0 Å². The van der Waals surface area contributed by atoms with Gasteiger partial charge in [-0.25, -0.2) is 4.79 Å². The van der Waals surface area contributed by atoms with Gasteiger partial charge < -0.3 is 9.84 Å². The Morgan fingerprint density at radius 3 is 2.42 bits per heavy atom. The Morgan fingerprint density at radius 1 is 1.21 bits per heavy atom. The molecule has 0 unspecified atom stereocenters. The molecule has 0 atom stereocenters. The van der Waals surface area contributed by atoms with Gasteiger partial charge in [0, 0.05) is 0 Å². The Morgan fingerprint density at radius 2 is 1.89 bits per heavy atom. The number of nitriles is 1. The third kappa shape index (κ3) is 2.40. The lowest BCUT2D eigenvalue weighted by Gasteiger charge is -2.10. The number of hydrogen-bond acceptors (Lipinski definition) is 3. The summed E-state index contributed by atoms with van der Waals surface area (Å²) in [5, 5.41) is 18.1. The van der Waals surface area contributed by atoms with Crippen LogP contribution in [0.4, 0.5) is 0 Å². The van der Waals surface area contributed by atoms with Crippen LogP contribution in [0.3, 0.4) is 0 Å². The van der Waals surface area contributed by atoms with E-state index in [1.54, 1.807) is 42.5 Å². The summed E-state index contributed by atoms with van der Waals surface area (Å²) in [6.45, 7) is 0. The highest BCUT2D eigenvalue weighted by molar-refractivity contribution is 5.99. The summed E-state index contributed by atoms with van der Waals surface area (Å²) in [6, 6.07) is 13.8. The van der Waals surface area contributed by atoms with Crippen LogP contribution in [0.15, 0.2) is 42.5 Å². The Kier molecular flexibility index (Phi) is 3.48. The Bertz CT molecular complexity index is 654. The second-order valence-corrected chi connectivity index (χ2v) is 3.88. The molecule has 0 saturated carbocycles. The number of carbonyl (C=O) groups is 1. The quantitative estimate of drug-likeness (QED) is 0.912. The average Bonchev–Trinajstić information content (AvgIpc) is 2.46. The van der Waals surface area contributed by atoms with Crippen molar-refractivity contribution >= 4 is 5.97 Å². The van der Waals surface area contributed by atoms with Crippen molar-refractivity contribution in [1.82, 2.24) is 0 Å². The maximum Gasteiger partial charge on any atom is 0.340 e. The summed E-state index contributed by atoms with van der Waals surface area (Å²) in [6.07, 6.45) is 0. The number of ether oxygens (including phenoxy) is 1. The normalized spacial score (nSPS) is 9.68. The van der Waals surface area contributed by atoms with E-state index in [1.165, 1.54) is 7.11 Å². The number of rotatable bonds is 3. The lowest BCUT2D eigenvalue weighted by Crippen LogP contribution is -2.03. The van der Waals surface area contributed by atoms with Gasteiger partial charge in [-0.2, -0.15) is 5.26 Å². The van der Waals surface area contributed by atoms with Crippen molar-refractivity contribution in [2.24, 2.45) is 0 Å². The Hall–Kier alpha value is -2.80. The fraction of sp³-hybridized carbons (Fsp3) is 0.0667. The Labute approximate surface area is 110 Å². The van der Waals surface area contributed by atoms with Gasteiger partial charge in [-0.05, 0) is 29.3 Å². The fourth-order valence-electron chi connectivity index (χ4n) is 1.89. The second-order valence-electron chi connectivity index (χ2n) is 3.88. The molecule has 2 rings (SSSR count). The molecule has 19 heavy (non-hydrogen) atoms. The van der Waals surface area contributed by atoms with Crippen LogP contribution in [0.1, 0.15) is 15.9 Å². The number of benzene rings is 2. The van der Waals surface area contributed by atoms with Gasteiger partial charge in [0.1, 0.15) is 11.3 Å². The molecule has 0 aliphatic carbocycles. The van der Waals surface area contributed by atoms with Crippen molar-refractivity contribution in [3.05, 3.63) is 53.6 Å². The minimum Gasteiger partial charge on any atom is -0.496 e. The van der Waals surface area contributed by atoms with Crippen LogP contribution in [0, 0.1) is 11.3 Å². The molecule has 4 heteroatoms. The summed E-state index contributed by atoms with van der Waals surface area (Å²) in [5.41, 5.74) is 1.95. The van der Waals surface area contributed by atoms with Crippen LogP contribution >= 0.6 is 0 Å². The highest BCUT2D eigenvalue weighted by Gasteiger charge is 2.17. The van der Waals surface area contributed by atoms with E-state index in [2.05, 4.69) is 0 Å². The SMILES string of the molecule is COc1cccc(-c2ccc(C#N)cc2)c1C(=O)O. The van der Waals surface area contributed by atoms with Crippen LogP contribution in [0.5, 0.6) is 5.75 Å². The van der Waals surface area contributed by atoms with Crippen molar-refractivity contribution in [3.63, 3.8) is 0 Å². The smallest absolute Gasteiger partial charge is 0.340 e. The first-order chi connectivity index (χ1) is 9.17. The molecule has 94 valence electrons. The fourth-order valence-corrected chi connectivity index (χ4v) is 1.89. The van der Waals surface area contributed by atoms with Gasteiger partial charge in [0.15, 0.2) is 0 Å². The third-order valence-corrected chi connectivity index (χ3v) is 2.79. The first-order valence-corrected chi connectivity index (χ1v) is 5.58. The van der Waals surface area contributed by atoms with E-state index >= 15 is 0 Å². The minimum atomic E-state index is -1.04. The lowest BCUT2D eigenvalue weighted by atomic mass is 9.98. The molecular weight excluding hydrogens is 242 g/mol. The van der Waals surface area contributed by atoms with Gasteiger partial charge in [-0.3, -0.25) is 0 Å². The highest BCUT2D eigenvalue weighted by Crippen LogP contribution is 2.30. The summed E-state index contributed by atoms with van der Waals surface area (Å²) in [7, 11) is 1.43. The van der Waals surface area contributed by atoms with Crippen LogP contribution in [0.25, 0.3) is 11.1 Å². The average molecular weight is 253 g/mol. The molecule has 0 radical (unpaired) electrons. The highest BCUT2D eigenvalue weighted by atomic mass is 16.5. The van der Waals surface area contributed by atoms with Gasteiger partial charge in [0.2, 0.25) is 0 Å². The van der Waals surface area contributed by atoms with E-state index < -0.39 is 5.97 Å². The molecule has 0 fully saturated rings. The van der Waals surface area contributed by atoms with Crippen LogP contribution in [-0.4, -0.2) is 18.2 Å². The summed E-state index contributed by atoms with van der Waals surface area (Å²) >= 11 is 0. The van der Waals surface area contributed by atoms with Crippen molar-refractivity contribution in [2.45, 2.75) is 0 Å². The largest absolute Gasteiger partial charge is 0.496 e. The predicted molar refractivity (Wildman–Crippen MR) is 70.1 cm³/mol. The van der Waals surface area contributed by atoms with Crippen LogP contribution in [0.2, 0.25) is 0 Å². The van der Waals surface area contributed by atoms with E-state index in [9.17, 15) is 9.90 Å². The number of nitrogens with zero attached hydrogens (tertiary/aromatic N) is 1. The van der Waals surface area contributed by atoms with Crippen molar-refractivity contribution in [2.75, 3.05) is 7.11 Å². The van der Waals surface area contributed by atoms with Crippen LogP contribution in [-0.2, 0) is 0 Å². The van der Waals surface area contributed by atoms with Crippen molar-refractivity contribution in [1.29, 1.82) is 5.26 Å². The molecular formula is C15H11NO3. The lowest BCUT2D eigenvalue weighted by molar-refractivity contribution is 0.0694. The molecule has 0 amide bonds. The maximum atomic E-state index is 11.4. The van der Waals surface area contributed by atoms with Crippen molar-refractivity contribution < 1.29 is 14.6 Å². The van der Waals surface area contributed by atoms with Gasteiger partial charge in [-0.1, -0.05) is 24.3 Å². The second kappa shape index (κ2) is 5.23. The minimum absolute atomic E-state index is 0.120. The third-order valence-electron chi connectivity index (χ3n) is 2.79. The van der Waals surface area contributed by atoms with E-state index in [0.717, 1.165) is 5.56 Å². The standard InChI is InChI=1S/C15H11NO3/c1-19-13-4-2-3-12(14(13)15(17)18)11-7-5-10(9-16)6-8-11/h2-8H,1H3,(H,17,18). The van der Waals surface area contributed by atoms with Gasteiger partial charge >= 0.3 is 5.97 Å². The number of aromatic carboxylic acids is 1. The van der Waals surface area contributed by atoms with E-state index in [1.807, 2.05) is 6.07 Å². The van der Waals surface area contributed by atoms with Gasteiger partial charge in [0.25, 0.3) is 0 Å². The number of methoxy groups -OCH3 is 1. The zero-order valence-corrected chi connectivity index (χ0v) is 10.3. The van der Waals surface area contributed by atoms with Crippen LogP contribution < -0.4 is 4.74 Å². The number of carboxylic acid groups (broad SMARTS) is 1. The van der Waals surface area contributed by atoms with Gasteiger partial charge in [0.05, 0.1) is 18.7 Å². The first kappa shape index (κ1) is 12.7. The molecule has 0 saturated heterocycles. The zero-order chi connectivity index (χ0) is 13.8. The molecule has 2 aromatic rings. The summed E-state index contributed by atoms with van der Waals surface area (Å²) < 4.78 is 5.08. The number of hydrogen-bond donors (Lipinski definition) is 1. The monoisotopic (exact) mass is 253 g/mol. The first-order valence-electron chi connectivity index (χ1n) is 5.58. The topological polar surface area (TPSA) is 70.3 Å². The predicted octanol–water partition coefficient (Wildman–Crippen LogP) is 2.93. The van der Waals surface area contributed by atoms with E-state index in [4.69, 9.17) is 10.00 Å². The molecule has 1 N–H and O–H groups in total. The maximum absolute atomic E-state index is 11.4. The summed E-state index contributed by atoms with van der Waals surface area (Å²) in [5.74, 6) is -0.730. The summed E-state index contributed by atoms with van der Waals surface area (Å²) in [4.78, 5) is 11.4. The van der Waals surface area contributed by atoms with E-state index in [0.29, 0.717) is 16.9 Å². The molecule has 0 aliphatic rings. The van der Waals surface area contributed by atoms with E-state index in [-0.39, 0.29) is 5.56 Å². The molecule has 0 aromatic heterocycles.